The highest BCUT2D eigenvalue weighted by Gasteiger charge is 2.12. The van der Waals surface area contributed by atoms with Crippen molar-refractivity contribution in [1.82, 2.24) is 0 Å². The van der Waals surface area contributed by atoms with Crippen molar-refractivity contribution in [1.29, 1.82) is 0 Å². The third-order valence-electron chi connectivity index (χ3n) is 2.93. The van der Waals surface area contributed by atoms with Gasteiger partial charge in [0.25, 0.3) is 0 Å². The second-order valence-electron chi connectivity index (χ2n) is 4.15. The Bertz CT molecular complexity index is 342. The normalized spacial score (nSPS) is 18.6. The first kappa shape index (κ1) is 11.1. The Morgan fingerprint density at radius 1 is 1.25 bits per heavy atom. The topological polar surface area (TPSA) is 47.6 Å². The van der Waals surface area contributed by atoms with Crippen LogP contribution in [0.2, 0.25) is 0 Å². The monoisotopic (exact) mass is 218 g/mol. The molecule has 1 aromatic rings. The summed E-state index contributed by atoms with van der Waals surface area (Å²) < 4.78 is 5.31. The van der Waals surface area contributed by atoms with Crippen molar-refractivity contribution in [2.24, 2.45) is 16.6 Å². The molecule has 3 nitrogen and oxygen atoms in total. The maximum absolute atomic E-state index is 5.93. The highest BCUT2D eigenvalue weighted by molar-refractivity contribution is 5.97. The van der Waals surface area contributed by atoms with Crippen molar-refractivity contribution < 1.29 is 4.74 Å². The van der Waals surface area contributed by atoms with Gasteiger partial charge in [0.2, 0.25) is 0 Å². The smallest absolute Gasteiger partial charge is 0.125 e. The lowest BCUT2D eigenvalue weighted by Crippen LogP contribution is -2.20. The SMILES string of the molecule is NC(=NCC1CCOCC1)c1ccccc1. The van der Waals surface area contributed by atoms with Gasteiger partial charge < -0.3 is 10.5 Å². The van der Waals surface area contributed by atoms with Crippen LogP contribution in [0.1, 0.15) is 18.4 Å². The third-order valence-corrected chi connectivity index (χ3v) is 2.93. The first-order valence-electron chi connectivity index (χ1n) is 5.79. The molecule has 0 unspecified atom stereocenters. The molecule has 0 spiro atoms. The highest BCUT2D eigenvalue weighted by Crippen LogP contribution is 2.14. The van der Waals surface area contributed by atoms with Crippen LogP contribution in [-0.2, 0) is 4.74 Å². The summed E-state index contributed by atoms with van der Waals surface area (Å²) in [5, 5.41) is 0. The van der Waals surface area contributed by atoms with Crippen LogP contribution in [-0.4, -0.2) is 25.6 Å². The van der Waals surface area contributed by atoms with Crippen LogP contribution in [0.15, 0.2) is 35.3 Å². The van der Waals surface area contributed by atoms with Gasteiger partial charge in [-0.05, 0) is 18.8 Å². The van der Waals surface area contributed by atoms with E-state index in [9.17, 15) is 0 Å². The Kier molecular flexibility index (Phi) is 3.94. The van der Waals surface area contributed by atoms with Gasteiger partial charge in [-0.1, -0.05) is 30.3 Å². The molecule has 1 aromatic carbocycles. The standard InChI is InChI=1S/C13H18N2O/c14-13(12-4-2-1-3-5-12)15-10-11-6-8-16-9-7-11/h1-5,11H,6-10H2,(H2,14,15). The zero-order valence-corrected chi connectivity index (χ0v) is 9.43. The van der Waals surface area contributed by atoms with E-state index in [-0.39, 0.29) is 0 Å². The van der Waals surface area contributed by atoms with Crippen LogP contribution in [0.25, 0.3) is 0 Å². The molecule has 0 saturated carbocycles. The minimum atomic E-state index is 0.635. The van der Waals surface area contributed by atoms with Gasteiger partial charge in [-0.3, -0.25) is 4.99 Å². The van der Waals surface area contributed by atoms with Crippen LogP contribution in [0, 0.1) is 5.92 Å². The van der Waals surface area contributed by atoms with Crippen LogP contribution in [0.4, 0.5) is 0 Å². The molecule has 1 aliphatic rings. The molecule has 1 fully saturated rings. The molecule has 0 amide bonds. The highest BCUT2D eigenvalue weighted by atomic mass is 16.5. The van der Waals surface area contributed by atoms with Crippen molar-refractivity contribution in [3.05, 3.63) is 35.9 Å². The zero-order valence-electron chi connectivity index (χ0n) is 9.43. The van der Waals surface area contributed by atoms with E-state index in [4.69, 9.17) is 10.5 Å². The lowest BCUT2D eigenvalue weighted by atomic mass is 10.0. The molecule has 0 aromatic heterocycles. The van der Waals surface area contributed by atoms with Crippen LogP contribution >= 0.6 is 0 Å². The van der Waals surface area contributed by atoms with E-state index in [1.54, 1.807) is 0 Å². The van der Waals surface area contributed by atoms with Crippen LogP contribution in [0.5, 0.6) is 0 Å². The predicted molar refractivity (Wildman–Crippen MR) is 65.6 cm³/mol. The number of hydrogen-bond acceptors (Lipinski definition) is 2. The maximum Gasteiger partial charge on any atom is 0.125 e. The average Bonchev–Trinajstić information content (AvgIpc) is 2.38. The molecule has 2 N–H and O–H groups in total. The molecule has 0 radical (unpaired) electrons. The second kappa shape index (κ2) is 5.66. The molecular weight excluding hydrogens is 200 g/mol. The zero-order chi connectivity index (χ0) is 11.2. The van der Waals surface area contributed by atoms with Crippen molar-refractivity contribution in [2.45, 2.75) is 12.8 Å². The number of nitrogens with zero attached hydrogens (tertiary/aromatic N) is 1. The second-order valence-corrected chi connectivity index (χ2v) is 4.15. The lowest BCUT2D eigenvalue weighted by molar-refractivity contribution is 0.0689. The fraction of sp³-hybridized carbons (Fsp3) is 0.462. The van der Waals surface area contributed by atoms with Gasteiger partial charge in [0, 0.05) is 25.3 Å². The summed E-state index contributed by atoms with van der Waals surface area (Å²) in [6.07, 6.45) is 2.21. The number of amidine groups is 1. The number of nitrogens with two attached hydrogens (primary N) is 1. The summed E-state index contributed by atoms with van der Waals surface area (Å²) in [4.78, 5) is 4.46. The van der Waals surface area contributed by atoms with Gasteiger partial charge in [0.05, 0.1) is 0 Å². The van der Waals surface area contributed by atoms with Gasteiger partial charge >= 0.3 is 0 Å². The van der Waals surface area contributed by atoms with Gasteiger partial charge in [-0.15, -0.1) is 0 Å². The van der Waals surface area contributed by atoms with Crippen molar-refractivity contribution in [3.8, 4) is 0 Å². The molecule has 1 saturated heterocycles. The number of rotatable bonds is 3. The molecule has 0 atom stereocenters. The molecule has 86 valence electrons. The van der Waals surface area contributed by atoms with Gasteiger partial charge in [-0.2, -0.15) is 0 Å². The molecule has 0 bridgehead atoms. The lowest BCUT2D eigenvalue weighted by Gasteiger charge is -2.20. The van der Waals surface area contributed by atoms with Crippen LogP contribution in [0.3, 0.4) is 0 Å². The summed E-state index contributed by atoms with van der Waals surface area (Å²) in [5.41, 5.74) is 6.94. The molecular formula is C13H18N2O. The summed E-state index contributed by atoms with van der Waals surface area (Å²) >= 11 is 0. The fourth-order valence-corrected chi connectivity index (χ4v) is 1.86. The van der Waals surface area contributed by atoms with Gasteiger partial charge in [-0.25, -0.2) is 0 Å². The van der Waals surface area contributed by atoms with E-state index in [0.717, 1.165) is 38.2 Å². The van der Waals surface area contributed by atoms with Crippen LogP contribution < -0.4 is 5.73 Å². The Hall–Kier alpha value is -1.35. The number of hydrogen-bond donors (Lipinski definition) is 1. The average molecular weight is 218 g/mol. The third kappa shape index (κ3) is 3.07. The Morgan fingerprint density at radius 2 is 1.94 bits per heavy atom. The minimum Gasteiger partial charge on any atom is -0.384 e. The van der Waals surface area contributed by atoms with E-state index in [1.165, 1.54) is 0 Å². The van der Waals surface area contributed by atoms with E-state index in [0.29, 0.717) is 11.8 Å². The summed E-state index contributed by atoms with van der Waals surface area (Å²) in [6, 6.07) is 9.92. The first-order valence-corrected chi connectivity index (χ1v) is 5.79. The molecule has 1 heterocycles. The maximum atomic E-state index is 5.93. The van der Waals surface area contributed by atoms with E-state index >= 15 is 0 Å². The molecule has 3 heteroatoms. The minimum absolute atomic E-state index is 0.635. The predicted octanol–water partition coefficient (Wildman–Crippen LogP) is 1.82. The molecule has 2 rings (SSSR count). The van der Waals surface area contributed by atoms with Gasteiger partial charge in [0.1, 0.15) is 5.84 Å². The Balaban J connectivity index is 1.91. The van der Waals surface area contributed by atoms with E-state index in [1.807, 2.05) is 30.3 Å². The van der Waals surface area contributed by atoms with Crippen molar-refractivity contribution in [2.75, 3.05) is 19.8 Å². The number of benzene rings is 1. The van der Waals surface area contributed by atoms with Crippen molar-refractivity contribution in [3.63, 3.8) is 0 Å². The Morgan fingerprint density at radius 3 is 2.62 bits per heavy atom. The van der Waals surface area contributed by atoms with E-state index in [2.05, 4.69) is 4.99 Å². The summed E-state index contributed by atoms with van der Waals surface area (Å²) in [5.74, 6) is 1.28. The summed E-state index contributed by atoms with van der Waals surface area (Å²) in [7, 11) is 0. The molecule has 0 aliphatic carbocycles. The molecule has 16 heavy (non-hydrogen) atoms. The number of aliphatic imine (C=N–C) groups is 1. The van der Waals surface area contributed by atoms with Crippen molar-refractivity contribution >= 4 is 5.84 Å². The van der Waals surface area contributed by atoms with E-state index < -0.39 is 0 Å². The van der Waals surface area contributed by atoms with Gasteiger partial charge in [0.15, 0.2) is 0 Å². The largest absolute Gasteiger partial charge is 0.384 e. The fourth-order valence-electron chi connectivity index (χ4n) is 1.86. The quantitative estimate of drug-likeness (QED) is 0.621. The molecule has 1 aliphatic heterocycles. The first-order chi connectivity index (χ1) is 7.86. The Labute approximate surface area is 96.3 Å². The number of ether oxygens (including phenoxy) is 1. The summed E-state index contributed by atoms with van der Waals surface area (Å²) in [6.45, 7) is 2.56.